The Morgan fingerprint density at radius 1 is 1.00 bits per heavy atom. The number of hydrazine groups is 1. The Kier molecular flexibility index (Phi) is 370. The van der Waals surface area contributed by atoms with Gasteiger partial charge in [0.1, 0.15) is 0 Å². The maximum atomic E-state index is 8.36. The van der Waals surface area contributed by atoms with Crippen molar-refractivity contribution >= 4 is 12.9 Å². The average Bonchev–Trinajstić information content (AvgIpc) is 1.75. The summed E-state index contributed by atoms with van der Waals surface area (Å²) in [6.45, 7) is -0.500. The number of hydrogen-bond acceptors (Lipinski definition) is 4. The van der Waals surface area contributed by atoms with Crippen molar-refractivity contribution < 1.29 is 19.8 Å². The van der Waals surface area contributed by atoms with Crippen LogP contribution in [0.1, 0.15) is 0 Å². The van der Waals surface area contributed by atoms with Gasteiger partial charge in [0.25, 0.3) is 12.9 Å². The molecular weight excluding hydrogens is 116 g/mol. The molecule has 0 aliphatic rings. The lowest BCUT2D eigenvalue weighted by molar-refractivity contribution is -0.123. The zero-order valence-corrected chi connectivity index (χ0v) is 4.02. The molecule has 6 nitrogen and oxygen atoms in total. The Morgan fingerprint density at radius 3 is 1.00 bits per heavy atom. The molecule has 50 valence electrons. The summed E-state index contributed by atoms with van der Waals surface area (Å²) in [6.07, 6.45) is 0. The molecule has 0 rings (SSSR count). The van der Waals surface area contributed by atoms with Crippen LogP contribution in [0, 0.1) is 0 Å². The van der Waals surface area contributed by atoms with Crippen molar-refractivity contribution in [2.75, 3.05) is 0 Å². The van der Waals surface area contributed by atoms with E-state index >= 15 is 0 Å². The third-order valence-electron chi connectivity index (χ3n) is 0. The minimum absolute atomic E-state index is 0.250. The molecular formula is C2H8N2O4. The van der Waals surface area contributed by atoms with Gasteiger partial charge in [0.2, 0.25) is 0 Å². The van der Waals surface area contributed by atoms with Gasteiger partial charge in [0.05, 0.1) is 0 Å². The second-order valence-corrected chi connectivity index (χ2v) is 0.211. The highest BCUT2D eigenvalue weighted by Gasteiger charge is 1.22. The monoisotopic (exact) mass is 124 g/mol. The van der Waals surface area contributed by atoms with Gasteiger partial charge in [0.15, 0.2) is 0 Å². The Morgan fingerprint density at radius 2 is 1.00 bits per heavy atom. The first-order chi connectivity index (χ1) is 3.83. The van der Waals surface area contributed by atoms with Crippen molar-refractivity contribution in [2.24, 2.45) is 11.7 Å². The smallest absolute Gasteiger partial charge is 0.290 e. The van der Waals surface area contributed by atoms with Crippen LogP contribution in [0.2, 0.25) is 0 Å². The highest BCUT2D eigenvalue weighted by atomic mass is 16.3. The molecule has 6 N–H and O–H groups in total. The van der Waals surface area contributed by atoms with Gasteiger partial charge in [-0.25, -0.2) is 0 Å². The third kappa shape index (κ3) is 55.7. The molecule has 0 aromatic heterocycles. The van der Waals surface area contributed by atoms with E-state index in [1.54, 1.807) is 0 Å². The van der Waals surface area contributed by atoms with Gasteiger partial charge in [-0.05, 0) is 0 Å². The molecule has 0 spiro atoms. The Balaban J connectivity index is -0.0000000483. The summed E-state index contributed by atoms with van der Waals surface area (Å²) in [5, 5.41) is 13.8. The molecule has 0 saturated carbocycles. The zero-order valence-electron chi connectivity index (χ0n) is 4.02. The summed E-state index contributed by atoms with van der Waals surface area (Å²) >= 11 is 0. The predicted octanol–water partition coefficient (Wildman–Crippen LogP) is -1.78. The van der Waals surface area contributed by atoms with E-state index in [0.29, 0.717) is 0 Å². The third-order valence-corrected chi connectivity index (χ3v) is 0. The van der Waals surface area contributed by atoms with Crippen LogP contribution in [0.5, 0.6) is 0 Å². The molecule has 0 saturated heterocycles. The lowest BCUT2D eigenvalue weighted by Gasteiger charge is -1.34. The van der Waals surface area contributed by atoms with Crippen LogP contribution >= 0.6 is 0 Å². The van der Waals surface area contributed by atoms with E-state index in [2.05, 4.69) is 11.7 Å². The number of rotatable bonds is 0. The number of carbonyl (C=O) groups is 2. The van der Waals surface area contributed by atoms with Gasteiger partial charge in [-0.3, -0.25) is 21.3 Å². The summed E-state index contributed by atoms with van der Waals surface area (Å²) in [5.74, 6) is 8.00. The molecule has 0 heterocycles. The first-order valence-electron chi connectivity index (χ1n) is 1.32. The Bertz CT molecular complexity index is 33.0. The Hall–Kier alpha value is -1.14. The van der Waals surface area contributed by atoms with Crippen molar-refractivity contribution in [2.45, 2.75) is 0 Å². The lowest BCUT2D eigenvalue weighted by Crippen LogP contribution is -2.02. The lowest BCUT2D eigenvalue weighted by atomic mass is 11.7. The van der Waals surface area contributed by atoms with Crippen LogP contribution in [-0.4, -0.2) is 23.2 Å². The zero-order chi connectivity index (χ0) is 7.41. The van der Waals surface area contributed by atoms with Gasteiger partial charge >= 0.3 is 0 Å². The minimum atomic E-state index is -0.250. The quantitative estimate of drug-likeness (QED) is 0.172. The van der Waals surface area contributed by atoms with Crippen molar-refractivity contribution in [1.29, 1.82) is 0 Å². The second kappa shape index (κ2) is 187. The molecule has 0 aromatic rings. The van der Waals surface area contributed by atoms with E-state index in [1.165, 1.54) is 0 Å². The van der Waals surface area contributed by atoms with Crippen molar-refractivity contribution in [1.82, 2.24) is 0 Å². The molecule has 6 heteroatoms. The fourth-order valence-corrected chi connectivity index (χ4v) is 0. The number of carboxylic acid groups (broad SMARTS) is 2. The van der Waals surface area contributed by atoms with E-state index < -0.39 is 0 Å². The van der Waals surface area contributed by atoms with Crippen molar-refractivity contribution in [3.05, 3.63) is 0 Å². The van der Waals surface area contributed by atoms with Gasteiger partial charge in [-0.2, -0.15) is 0 Å². The van der Waals surface area contributed by atoms with Crippen LogP contribution in [0.3, 0.4) is 0 Å². The van der Waals surface area contributed by atoms with Crippen molar-refractivity contribution in [3.63, 3.8) is 0 Å². The molecule has 0 atom stereocenters. The summed E-state index contributed by atoms with van der Waals surface area (Å²) in [7, 11) is 0. The van der Waals surface area contributed by atoms with Crippen molar-refractivity contribution in [3.8, 4) is 0 Å². The average molecular weight is 124 g/mol. The molecule has 8 heavy (non-hydrogen) atoms. The van der Waals surface area contributed by atoms with E-state index in [1.807, 2.05) is 0 Å². The normalized spacial score (nSPS) is 3.75. The highest BCUT2D eigenvalue weighted by molar-refractivity contribution is 5.32. The summed E-state index contributed by atoms with van der Waals surface area (Å²) < 4.78 is 0. The van der Waals surface area contributed by atoms with Crippen LogP contribution in [0.25, 0.3) is 0 Å². The fraction of sp³-hybridized carbons (Fsp3) is 0. The van der Waals surface area contributed by atoms with Crippen LogP contribution in [0.4, 0.5) is 0 Å². The largest absolute Gasteiger partial charge is 0.483 e. The highest BCUT2D eigenvalue weighted by Crippen LogP contribution is 0.969. The molecule has 0 aliphatic heterocycles. The summed E-state index contributed by atoms with van der Waals surface area (Å²) in [5.41, 5.74) is 0. The van der Waals surface area contributed by atoms with Crippen LogP contribution in [0.15, 0.2) is 0 Å². The van der Waals surface area contributed by atoms with Crippen LogP contribution in [-0.2, 0) is 9.59 Å². The SMILES string of the molecule is NN.O=CO.O=CO. The number of hydrogen-bond donors (Lipinski definition) is 4. The molecule has 0 amide bonds. The van der Waals surface area contributed by atoms with Gasteiger partial charge < -0.3 is 10.2 Å². The fourth-order valence-electron chi connectivity index (χ4n) is 0. The van der Waals surface area contributed by atoms with Gasteiger partial charge in [0, 0.05) is 0 Å². The van der Waals surface area contributed by atoms with Crippen LogP contribution < -0.4 is 11.7 Å². The molecule has 0 fully saturated rings. The second-order valence-electron chi connectivity index (χ2n) is 0.211. The Labute approximate surface area is 45.7 Å². The van der Waals surface area contributed by atoms with Gasteiger partial charge in [-0.15, -0.1) is 0 Å². The standard InChI is InChI=1S/2CH2O2.H4N2/c2*2-1-3;1-2/h2*1H,(H,2,3);1-2H2. The molecule has 0 aliphatic carbocycles. The maximum absolute atomic E-state index is 8.36. The molecule has 0 radical (unpaired) electrons. The topological polar surface area (TPSA) is 127 Å². The minimum Gasteiger partial charge on any atom is -0.483 e. The molecule has 0 unspecified atom stereocenters. The summed E-state index contributed by atoms with van der Waals surface area (Å²) in [4.78, 5) is 16.7. The maximum Gasteiger partial charge on any atom is 0.290 e. The first kappa shape index (κ1) is 15.8. The first-order valence-corrected chi connectivity index (χ1v) is 1.32. The van der Waals surface area contributed by atoms with E-state index in [4.69, 9.17) is 19.8 Å². The van der Waals surface area contributed by atoms with E-state index in [-0.39, 0.29) is 12.9 Å². The summed E-state index contributed by atoms with van der Waals surface area (Å²) in [6, 6.07) is 0. The number of nitrogens with two attached hydrogens (primary N) is 2. The molecule has 0 bridgehead atoms. The molecule has 0 aromatic carbocycles. The van der Waals surface area contributed by atoms with E-state index in [9.17, 15) is 0 Å². The van der Waals surface area contributed by atoms with E-state index in [0.717, 1.165) is 0 Å². The van der Waals surface area contributed by atoms with Gasteiger partial charge in [-0.1, -0.05) is 0 Å². The predicted molar refractivity (Wildman–Crippen MR) is 25.8 cm³/mol.